The van der Waals surface area contributed by atoms with Gasteiger partial charge in [-0.15, -0.1) is 0 Å². The Morgan fingerprint density at radius 2 is 2.29 bits per heavy atom. The summed E-state index contributed by atoms with van der Waals surface area (Å²) in [5.74, 6) is 0. The minimum absolute atomic E-state index is 0.835. The molecule has 1 aromatic heterocycles. The molecule has 3 heteroatoms. The van der Waals surface area contributed by atoms with Gasteiger partial charge in [0.2, 0.25) is 0 Å². The fourth-order valence-corrected chi connectivity index (χ4v) is 1.59. The number of benzene rings is 1. The van der Waals surface area contributed by atoms with E-state index in [1.807, 2.05) is 18.2 Å². The van der Waals surface area contributed by atoms with E-state index in [-0.39, 0.29) is 0 Å². The summed E-state index contributed by atoms with van der Waals surface area (Å²) in [5.41, 5.74) is 8.98. The lowest BCUT2D eigenvalue weighted by molar-refractivity contribution is 0.715. The number of hydrogen-bond donors (Lipinski definition) is 3. The molecule has 0 saturated carbocycles. The zero-order valence-corrected chi connectivity index (χ0v) is 8.30. The van der Waals surface area contributed by atoms with Crippen molar-refractivity contribution in [1.82, 2.24) is 10.3 Å². The van der Waals surface area contributed by atoms with Gasteiger partial charge in [0, 0.05) is 28.8 Å². The van der Waals surface area contributed by atoms with E-state index in [1.54, 1.807) is 0 Å². The molecule has 0 radical (unpaired) electrons. The van der Waals surface area contributed by atoms with Gasteiger partial charge >= 0.3 is 0 Å². The van der Waals surface area contributed by atoms with E-state index >= 15 is 0 Å². The highest BCUT2D eigenvalue weighted by molar-refractivity contribution is 5.91. The molecule has 74 valence electrons. The molecular formula is C11H15N3. The van der Waals surface area contributed by atoms with Crippen LogP contribution in [0, 0.1) is 0 Å². The van der Waals surface area contributed by atoms with Crippen molar-refractivity contribution in [3.8, 4) is 0 Å². The van der Waals surface area contributed by atoms with E-state index in [0.717, 1.165) is 29.7 Å². The number of hydrogen-bond acceptors (Lipinski definition) is 2. The maximum atomic E-state index is 5.86. The van der Waals surface area contributed by atoms with Crippen molar-refractivity contribution in [2.45, 2.75) is 13.5 Å². The molecule has 0 bridgehead atoms. The molecular weight excluding hydrogens is 174 g/mol. The Bertz CT molecular complexity index is 431. The second-order valence-corrected chi connectivity index (χ2v) is 3.38. The summed E-state index contributed by atoms with van der Waals surface area (Å²) in [6.45, 7) is 3.94. The summed E-state index contributed by atoms with van der Waals surface area (Å²) in [6, 6.07) is 8.03. The van der Waals surface area contributed by atoms with E-state index in [9.17, 15) is 0 Å². The molecule has 0 aliphatic heterocycles. The summed E-state index contributed by atoms with van der Waals surface area (Å²) in [7, 11) is 0. The van der Waals surface area contributed by atoms with Crippen LogP contribution in [-0.2, 0) is 6.54 Å². The molecule has 0 aliphatic carbocycles. The monoisotopic (exact) mass is 189 g/mol. The minimum Gasteiger partial charge on any atom is -0.398 e. The molecule has 1 heterocycles. The Morgan fingerprint density at radius 1 is 1.43 bits per heavy atom. The first-order valence-corrected chi connectivity index (χ1v) is 4.88. The van der Waals surface area contributed by atoms with Crippen LogP contribution in [-0.4, -0.2) is 11.5 Å². The van der Waals surface area contributed by atoms with E-state index < -0.39 is 0 Å². The highest BCUT2D eigenvalue weighted by Crippen LogP contribution is 2.21. The Balaban J connectivity index is 2.36. The van der Waals surface area contributed by atoms with E-state index in [0.29, 0.717) is 0 Å². The van der Waals surface area contributed by atoms with Crippen LogP contribution in [0.1, 0.15) is 12.6 Å². The molecule has 0 spiro atoms. The van der Waals surface area contributed by atoms with Crippen LogP contribution in [0.3, 0.4) is 0 Å². The fourth-order valence-electron chi connectivity index (χ4n) is 1.59. The predicted molar refractivity (Wildman–Crippen MR) is 60.1 cm³/mol. The first kappa shape index (κ1) is 9.09. The molecule has 0 saturated heterocycles. The summed E-state index contributed by atoms with van der Waals surface area (Å²) in [6.07, 6.45) is 0. The van der Waals surface area contributed by atoms with E-state index in [2.05, 4.69) is 23.3 Å². The minimum atomic E-state index is 0.835. The Kier molecular flexibility index (Phi) is 2.41. The van der Waals surface area contributed by atoms with Crippen molar-refractivity contribution < 1.29 is 0 Å². The van der Waals surface area contributed by atoms with Gasteiger partial charge in [0.1, 0.15) is 0 Å². The maximum absolute atomic E-state index is 5.86. The van der Waals surface area contributed by atoms with Gasteiger partial charge < -0.3 is 16.0 Å². The van der Waals surface area contributed by atoms with Gasteiger partial charge in [-0.3, -0.25) is 0 Å². The fraction of sp³-hybridized carbons (Fsp3) is 0.273. The Morgan fingerprint density at radius 3 is 3.00 bits per heavy atom. The highest BCUT2D eigenvalue weighted by atomic mass is 14.9. The lowest BCUT2D eigenvalue weighted by Crippen LogP contribution is -2.11. The zero-order valence-electron chi connectivity index (χ0n) is 8.30. The number of aromatic amines is 1. The Hall–Kier alpha value is -1.48. The topological polar surface area (TPSA) is 53.8 Å². The Labute approximate surface area is 83.3 Å². The molecule has 0 fully saturated rings. The SMILES string of the molecule is CCNCc1cc2c(N)cccc2[nH]1. The van der Waals surface area contributed by atoms with Gasteiger partial charge in [-0.1, -0.05) is 13.0 Å². The highest BCUT2D eigenvalue weighted by Gasteiger charge is 2.01. The number of nitrogens with two attached hydrogens (primary N) is 1. The van der Waals surface area contributed by atoms with Gasteiger partial charge in [0.05, 0.1) is 0 Å². The predicted octanol–water partition coefficient (Wildman–Crippen LogP) is 1.86. The molecule has 0 amide bonds. The van der Waals surface area contributed by atoms with Gasteiger partial charge in [-0.05, 0) is 24.7 Å². The summed E-state index contributed by atoms with van der Waals surface area (Å²) in [4.78, 5) is 3.33. The maximum Gasteiger partial charge on any atom is 0.0477 e. The third-order valence-corrected chi connectivity index (χ3v) is 2.32. The largest absolute Gasteiger partial charge is 0.398 e. The number of rotatable bonds is 3. The molecule has 1 aromatic carbocycles. The van der Waals surface area contributed by atoms with Gasteiger partial charge in [-0.25, -0.2) is 0 Å². The molecule has 3 nitrogen and oxygen atoms in total. The van der Waals surface area contributed by atoms with Crippen LogP contribution >= 0.6 is 0 Å². The first-order chi connectivity index (χ1) is 6.81. The van der Waals surface area contributed by atoms with Gasteiger partial charge in [-0.2, -0.15) is 0 Å². The van der Waals surface area contributed by atoms with Gasteiger partial charge in [0.15, 0.2) is 0 Å². The molecule has 2 aromatic rings. The van der Waals surface area contributed by atoms with Crippen LogP contribution in [0.2, 0.25) is 0 Å². The lowest BCUT2D eigenvalue weighted by Gasteiger charge is -1.96. The third-order valence-electron chi connectivity index (χ3n) is 2.32. The number of aromatic nitrogens is 1. The average molecular weight is 189 g/mol. The number of fused-ring (bicyclic) bond motifs is 1. The van der Waals surface area contributed by atoms with Crippen LogP contribution in [0.4, 0.5) is 5.69 Å². The summed E-state index contributed by atoms with van der Waals surface area (Å²) in [5, 5.41) is 4.38. The standard InChI is InChI=1S/C11H15N3/c1-2-13-7-8-6-9-10(12)4-3-5-11(9)14-8/h3-6,13-14H,2,7,12H2,1H3. The van der Waals surface area contributed by atoms with Crippen molar-refractivity contribution >= 4 is 16.6 Å². The molecule has 2 rings (SSSR count). The number of nitrogen functional groups attached to an aromatic ring is 1. The van der Waals surface area contributed by atoms with Crippen molar-refractivity contribution in [2.75, 3.05) is 12.3 Å². The van der Waals surface area contributed by atoms with Crippen LogP contribution in [0.5, 0.6) is 0 Å². The van der Waals surface area contributed by atoms with Crippen molar-refractivity contribution in [3.63, 3.8) is 0 Å². The number of anilines is 1. The first-order valence-electron chi connectivity index (χ1n) is 4.88. The summed E-state index contributed by atoms with van der Waals surface area (Å²) < 4.78 is 0. The third kappa shape index (κ3) is 1.59. The smallest absolute Gasteiger partial charge is 0.0477 e. The lowest BCUT2D eigenvalue weighted by atomic mass is 10.2. The van der Waals surface area contributed by atoms with Crippen LogP contribution in [0.15, 0.2) is 24.3 Å². The second-order valence-electron chi connectivity index (χ2n) is 3.38. The molecule has 14 heavy (non-hydrogen) atoms. The quantitative estimate of drug-likeness (QED) is 0.645. The van der Waals surface area contributed by atoms with Gasteiger partial charge in [0.25, 0.3) is 0 Å². The zero-order chi connectivity index (χ0) is 9.97. The molecule has 4 N–H and O–H groups in total. The van der Waals surface area contributed by atoms with Crippen molar-refractivity contribution in [1.29, 1.82) is 0 Å². The van der Waals surface area contributed by atoms with Crippen LogP contribution in [0.25, 0.3) is 10.9 Å². The average Bonchev–Trinajstić information content (AvgIpc) is 2.59. The molecule has 0 aliphatic rings. The van der Waals surface area contributed by atoms with Crippen molar-refractivity contribution in [3.05, 3.63) is 30.0 Å². The second kappa shape index (κ2) is 3.72. The van der Waals surface area contributed by atoms with Crippen LogP contribution < -0.4 is 11.1 Å². The normalized spacial score (nSPS) is 10.9. The summed E-state index contributed by atoms with van der Waals surface area (Å²) >= 11 is 0. The molecule has 0 unspecified atom stereocenters. The van der Waals surface area contributed by atoms with E-state index in [4.69, 9.17) is 5.73 Å². The number of H-pyrrole nitrogens is 1. The number of nitrogens with one attached hydrogen (secondary N) is 2. The van der Waals surface area contributed by atoms with Crippen molar-refractivity contribution in [2.24, 2.45) is 0 Å². The van der Waals surface area contributed by atoms with E-state index in [1.165, 1.54) is 5.69 Å². The molecule has 0 atom stereocenters.